The van der Waals surface area contributed by atoms with E-state index in [9.17, 15) is 4.79 Å². The summed E-state index contributed by atoms with van der Waals surface area (Å²) in [6.45, 7) is 7.75. The Kier molecular flexibility index (Phi) is 11.9. The number of carbonyl (C=O) groups is 1. The summed E-state index contributed by atoms with van der Waals surface area (Å²) in [5.41, 5.74) is 1.45. The van der Waals surface area contributed by atoms with Crippen molar-refractivity contribution in [2.75, 3.05) is 60.0 Å². The molecule has 0 aromatic rings. The molecular formula is C19H36IN5O2. The zero-order valence-corrected chi connectivity index (χ0v) is 19.3. The maximum Gasteiger partial charge on any atom is 0.236 e. The number of halogens is 1. The van der Waals surface area contributed by atoms with Gasteiger partial charge in [0.15, 0.2) is 5.96 Å². The zero-order valence-electron chi connectivity index (χ0n) is 17.0. The Morgan fingerprint density at radius 3 is 2.70 bits per heavy atom. The molecule has 7 nitrogen and oxygen atoms in total. The van der Waals surface area contributed by atoms with Gasteiger partial charge in [0.1, 0.15) is 0 Å². The smallest absolute Gasteiger partial charge is 0.236 e. The highest BCUT2D eigenvalue weighted by Crippen LogP contribution is 2.12. The Hall–Kier alpha value is -0.870. The number of hydrogen-bond donors (Lipinski definition) is 2. The molecule has 27 heavy (non-hydrogen) atoms. The first-order chi connectivity index (χ1) is 12.6. The summed E-state index contributed by atoms with van der Waals surface area (Å²) in [6.07, 6.45) is 6.29. The Morgan fingerprint density at radius 1 is 1.37 bits per heavy atom. The van der Waals surface area contributed by atoms with Gasteiger partial charge in [-0.25, -0.2) is 0 Å². The van der Waals surface area contributed by atoms with E-state index in [1.54, 1.807) is 4.90 Å². The molecule has 1 amide bonds. The fourth-order valence-electron chi connectivity index (χ4n) is 3.19. The van der Waals surface area contributed by atoms with Crippen molar-refractivity contribution in [2.45, 2.75) is 38.6 Å². The molecule has 0 aromatic carbocycles. The third-order valence-electron chi connectivity index (χ3n) is 4.89. The molecule has 1 saturated heterocycles. The summed E-state index contributed by atoms with van der Waals surface area (Å²) >= 11 is 0. The van der Waals surface area contributed by atoms with Crippen LogP contribution in [-0.4, -0.2) is 87.7 Å². The molecule has 8 heteroatoms. The molecule has 2 rings (SSSR count). The van der Waals surface area contributed by atoms with E-state index in [0.717, 1.165) is 71.0 Å². The molecule has 0 aliphatic carbocycles. The van der Waals surface area contributed by atoms with Crippen LogP contribution in [0.2, 0.25) is 0 Å². The van der Waals surface area contributed by atoms with Crippen molar-refractivity contribution < 1.29 is 9.53 Å². The lowest BCUT2D eigenvalue weighted by atomic mass is 10.1. The highest BCUT2D eigenvalue weighted by Gasteiger charge is 2.22. The molecule has 0 spiro atoms. The van der Waals surface area contributed by atoms with Crippen molar-refractivity contribution in [1.29, 1.82) is 0 Å². The maximum absolute atomic E-state index is 11.8. The normalized spacial score (nSPS) is 19.1. The van der Waals surface area contributed by atoms with Crippen LogP contribution in [0.3, 0.4) is 0 Å². The lowest BCUT2D eigenvalue weighted by Gasteiger charge is -2.33. The number of amides is 1. The van der Waals surface area contributed by atoms with Gasteiger partial charge < -0.3 is 20.3 Å². The van der Waals surface area contributed by atoms with Gasteiger partial charge in [0.05, 0.1) is 19.8 Å². The third kappa shape index (κ3) is 9.25. The van der Waals surface area contributed by atoms with Crippen molar-refractivity contribution in [1.82, 2.24) is 20.4 Å². The summed E-state index contributed by atoms with van der Waals surface area (Å²) < 4.78 is 5.35. The molecule has 2 aliphatic rings. The van der Waals surface area contributed by atoms with Crippen LogP contribution in [0, 0.1) is 0 Å². The lowest BCUT2D eigenvalue weighted by molar-refractivity contribution is -0.130. The van der Waals surface area contributed by atoms with Crippen LogP contribution in [0.5, 0.6) is 0 Å². The molecule has 0 radical (unpaired) electrons. The van der Waals surface area contributed by atoms with E-state index in [-0.39, 0.29) is 29.9 Å². The van der Waals surface area contributed by atoms with Gasteiger partial charge in [0, 0.05) is 46.3 Å². The van der Waals surface area contributed by atoms with Crippen molar-refractivity contribution in [3.63, 3.8) is 0 Å². The van der Waals surface area contributed by atoms with Crippen LogP contribution in [-0.2, 0) is 9.53 Å². The Balaban J connectivity index is 0.00000364. The molecule has 156 valence electrons. The average molecular weight is 493 g/mol. The summed E-state index contributed by atoms with van der Waals surface area (Å²) in [4.78, 5) is 20.5. The largest absolute Gasteiger partial charge is 0.377 e. The number of aliphatic imine (C=N–C) groups is 1. The zero-order chi connectivity index (χ0) is 18.8. The first kappa shape index (κ1) is 24.2. The highest BCUT2D eigenvalue weighted by molar-refractivity contribution is 14.0. The molecule has 1 fully saturated rings. The number of nitrogens with one attached hydrogen (secondary N) is 2. The van der Waals surface area contributed by atoms with Crippen LogP contribution >= 0.6 is 24.0 Å². The fraction of sp³-hybridized carbons (Fsp3) is 0.789. The molecule has 2 N–H and O–H groups in total. The van der Waals surface area contributed by atoms with Gasteiger partial charge in [-0.1, -0.05) is 11.6 Å². The summed E-state index contributed by atoms with van der Waals surface area (Å²) in [6, 6.07) is 0.417. The van der Waals surface area contributed by atoms with E-state index < -0.39 is 0 Å². The number of likely N-dealkylation sites (N-methyl/N-ethyl adjacent to an activating group) is 1. The summed E-state index contributed by atoms with van der Waals surface area (Å²) in [7, 11) is 3.62. The number of likely N-dealkylation sites (tertiary alicyclic amines) is 1. The Labute approximate surface area is 181 Å². The van der Waals surface area contributed by atoms with Crippen LogP contribution in [0.15, 0.2) is 16.6 Å². The van der Waals surface area contributed by atoms with E-state index in [4.69, 9.17) is 9.73 Å². The van der Waals surface area contributed by atoms with Gasteiger partial charge in [-0.3, -0.25) is 14.7 Å². The summed E-state index contributed by atoms with van der Waals surface area (Å²) in [5.74, 6) is 1.08. The van der Waals surface area contributed by atoms with Gasteiger partial charge >= 0.3 is 0 Å². The van der Waals surface area contributed by atoms with E-state index in [1.165, 1.54) is 5.57 Å². The number of ether oxygens (including phenoxy) is 1. The third-order valence-corrected chi connectivity index (χ3v) is 4.89. The molecule has 0 atom stereocenters. The Bertz CT molecular complexity index is 502. The van der Waals surface area contributed by atoms with Gasteiger partial charge in [-0.15, -0.1) is 24.0 Å². The number of hydrogen-bond acceptors (Lipinski definition) is 4. The Morgan fingerprint density at radius 2 is 2.11 bits per heavy atom. The minimum Gasteiger partial charge on any atom is -0.377 e. The van der Waals surface area contributed by atoms with Gasteiger partial charge in [-0.05, 0) is 32.6 Å². The second-order valence-corrected chi connectivity index (χ2v) is 7.18. The highest BCUT2D eigenvalue weighted by atomic mass is 127. The fourth-order valence-corrected chi connectivity index (χ4v) is 3.19. The van der Waals surface area contributed by atoms with Gasteiger partial charge in [-0.2, -0.15) is 0 Å². The van der Waals surface area contributed by atoms with E-state index in [2.05, 4.69) is 28.5 Å². The molecule has 0 bridgehead atoms. The van der Waals surface area contributed by atoms with Crippen LogP contribution < -0.4 is 10.6 Å². The second-order valence-electron chi connectivity index (χ2n) is 7.18. The van der Waals surface area contributed by atoms with Gasteiger partial charge in [0.2, 0.25) is 5.91 Å². The van der Waals surface area contributed by atoms with Crippen LogP contribution in [0.25, 0.3) is 0 Å². The maximum atomic E-state index is 11.8. The first-order valence-corrected chi connectivity index (χ1v) is 9.81. The first-order valence-electron chi connectivity index (χ1n) is 9.81. The molecule has 0 saturated carbocycles. The number of nitrogens with zero attached hydrogens (tertiary/aromatic N) is 3. The number of piperidine rings is 1. The predicted molar refractivity (Wildman–Crippen MR) is 121 cm³/mol. The molecular weight excluding hydrogens is 457 g/mol. The van der Waals surface area contributed by atoms with Crippen molar-refractivity contribution >= 4 is 35.8 Å². The van der Waals surface area contributed by atoms with E-state index in [0.29, 0.717) is 12.6 Å². The minimum absolute atomic E-state index is 0. The number of rotatable bonds is 7. The molecule has 2 aliphatic heterocycles. The number of carbonyl (C=O) groups excluding carboxylic acids is 1. The van der Waals surface area contributed by atoms with Crippen LogP contribution in [0.4, 0.5) is 0 Å². The predicted octanol–water partition coefficient (Wildman–Crippen LogP) is 1.45. The SMILES string of the molecule is CCNC(=NCCC1=CCOCC1)NC1CCN(CC(=O)N(C)C)CC1.I. The van der Waals surface area contributed by atoms with Crippen molar-refractivity contribution in [2.24, 2.45) is 4.99 Å². The lowest BCUT2D eigenvalue weighted by Crippen LogP contribution is -2.50. The number of guanidine groups is 1. The monoisotopic (exact) mass is 493 g/mol. The standard InChI is InChI=1S/C19H35N5O2.HI/c1-4-20-19(21-10-5-16-8-13-26-14-9-16)22-17-6-11-24(12-7-17)15-18(25)23(2)3;/h8,17H,4-7,9-15H2,1-3H3,(H2,20,21,22);1H. The quantitative estimate of drug-likeness (QED) is 0.243. The van der Waals surface area contributed by atoms with Gasteiger partial charge in [0.25, 0.3) is 0 Å². The molecule has 0 unspecified atom stereocenters. The summed E-state index contributed by atoms with van der Waals surface area (Å²) in [5, 5.41) is 6.91. The second kappa shape index (κ2) is 13.3. The van der Waals surface area contributed by atoms with E-state index >= 15 is 0 Å². The average Bonchev–Trinajstić information content (AvgIpc) is 2.64. The molecule has 2 heterocycles. The van der Waals surface area contributed by atoms with Crippen molar-refractivity contribution in [3.05, 3.63) is 11.6 Å². The minimum atomic E-state index is 0. The topological polar surface area (TPSA) is 69.2 Å². The van der Waals surface area contributed by atoms with E-state index in [1.807, 2.05) is 14.1 Å². The van der Waals surface area contributed by atoms with Crippen LogP contribution in [0.1, 0.15) is 32.6 Å². The van der Waals surface area contributed by atoms with Crippen molar-refractivity contribution in [3.8, 4) is 0 Å². The molecule has 0 aromatic heterocycles.